The molecule has 0 aliphatic carbocycles. The van der Waals surface area contributed by atoms with E-state index in [1.807, 2.05) is 0 Å². The number of aliphatic hydroxyl groups is 1. The van der Waals surface area contributed by atoms with Crippen LogP contribution in [-0.2, 0) is 11.3 Å². The summed E-state index contributed by atoms with van der Waals surface area (Å²) in [5.74, 6) is 4.61. The third-order valence-corrected chi connectivity index (χ3v) is 2.29. The van der Waals surface area contributed by atoms with Crippen molar-refractivity contribution >= 4 is 0 Å². The van der Waals surface area contributed by atoms with Gasteiger partial charge in [-0.2, -0.15) is 13.2 Å². The van der Waals surface area contributed by atoms with Gasteiger partial charge in [-0.05, 0) is 17.7 Å². The summed E-state index contributed by atoms with van der Waals surface area (Å²) in [7, 11) is 0. The lowest BCUT2D eigenvalue weighted by molar-refractivity contribution is -0.146. The van der Waals surface area contributed by atoms with E-state index < -0.39 is 25.0 Å². The molecule has 1 N–H and O–H groups in total. The van der Waals surface area contributed by atoms with Crippen LogP contribution in [0.4, 0.5) is 17.6 Å². The predicted molar refractivity (Wildman–Crippen MR) is 65.3 cm³/mol. The molecule has 0 heterocycles. The molecule has 1 aromatic rings. The Morgan fingerprint density at radius 2 is 2.00 bits per heavy atom. The number of hydrogen-bond donors (Lipinski definition) is 1. The maximum Gasteiger partial charge on any atom is 0.391 e. The van der Waals surface area contributed by atoms with Crippen molar-refractivity contribution < 1.29 is 27.4 Å². The van der Waals surface area contributed by atoms with Crippen LogP contribution >= 0.6 is 0 Å². The number of benzene rings is 1. The zero-order valence-corrected chi connectivity index (χ0v) is 10.6. The molecule has 0 radical (unpaired) electrons. The molecule has 6 heteroatoms. The molecular formula is C14H14F4O2. The summed E-state index contributed by atoms with van der Waals surface area (Å²) in [5, 5.41) is 8.57. The molecule has 0 saturated carbocycles. The van der Waals surface area contributed by atoms with E-state index in [4.69, 9.17) is 9.84 Å². The van der Waals surface area contributed by atoms with Gasteiger partial charge in [0.25, 0.3) is 0 Å². The lowest BCUT2D eigenvalue weighted by Crippen LogP contribution is -2.11. The average Bonchev–Trinajstić information content (AvgIpc) is 2.37. The van der Waals surface area contributed by atoms with Gasteiger partial charge in [0.15, 0.2) is 0 Å². The fourth-order valence-electron chi connectivity index (χ4n) is 1.35. The Kier molecular flexibility index (Phi) is 6.49. The molecule has 2 nitrogen and oxygen atoms in total. The van der Waals surface area contributed by atoms with Crippen molar-refractivity contribution in [2.45, 2.75) is 25.6 Å². The molecule has 0 aliphatic heterocycles. The zero-order chi connectivity index (χ0) is 15.0. The first-order valence-corrected chi connectivity index (χ1v) is 5.95. The Morgan fingerprint density at radius 3 is 2.65 bits per heavy atom. The van der Waals surface area contributed by atoms with Gasteiger partial charge in [-0.1, -0.05) is 17.9 Å². The minimum atomic E-state index is -4.25. The van der Waals surface area contributed by atoms with E-state index in [9.17, 15) is 17.6 Å². The molecule has 0 aliphatic rings. The lowest BCUT2D eigenvalue weighted by atomic mass is 10.1. The largest absolute Gasteiger partial charge is 0.395 e. The highest BCUT2D eigenvalue weighted by Crippen LogP contribution is 2.19. The number of rotatable bonds is 5. The molecular weight excluding hydrogens is 276 g/mol. The first kappa shape index (κ1) is 16.5. The molecule has 0 spiro atoms. The Balaban J connectivity index is 2.55. The number of halogens is 4. The fraction of sp³-hybridized carbons (Fsp3) is 0.429. The second-order valence-corrected chi connectivity index (χ2v) is 4.01. The van der Waals surface area contributed by atoms with E-state index >= 15 is 0 Å². The maximum absolute atomic E-state index is 13.4. The van der Waals surface area contributed by atoms with Gasteiger partial charge in [-0.3, -0.25) is 0 Å². The highest BCUT2D eigenvalue weighted by molar-refractivity contribution is 5.38. The molecule has 0 bridgehead atoms. The molecule has 0 saturated heterocycles. The van der Waals surface area contributed by atoms with Crippen molar-refractivity contribution in [1.29, 1.82) is 0 Å². The normalized spacial score (nSPS) is 11.1. The van der Waals surface area contributed by atoms with E-state index in [0.29, 0.717) is 5.56 Å². The van der Waals surface area contributed by atoms with Gasteiger partial charge in [0.05, 0.1) is 31.8 Å². The predicted octanol–water partition coefficient (Wildman–Crippen LogP) is 3.03. The average molecular weight is 290 g/mol. The summed E-state index contributed by atoms with van der Waals surface area (Å²) >= 11 is 0. The molecule has 0 atom stereocenters. The van der Waals surface area contributed by atoms with Gasteiger partial charge in [-0.25, -0.2) is 4.39 Å². The summed E-state index contributed by atoms with van der Waals surface area (Å²) < 4.78 is 54.0. The minimum Gasteiger partial charge on any atom is -0.395 e. The van der Waals surface area contributed by atoms with Gasteiger partial charge in [0.2, 0.25) is 0 Å². The van der Waals surface area contributed by atoms with E-state index in [1.54, 1.807) is 0 Å². The Hall–Kier alpha value is -1.58. The van der Waals surface area contributed by atoms with Gasteiger partial charge in [0, 0.05) is 6.42 Å². The molecule has 0 aromatic heterocycles. The summed E-state index contributed by atoms with van der Waals surface area (Å²) in [6.45, 7) is -0.591. The van der Waals surface area contributed by atoms with Crippen LogP contribution in [0.5, 0.6) is 0 Å². The highest BCUT2D eigenvalue weighted by atomic mass is 19.4. The summed E-state index contributed by atoms with van der Waals surface area (Å²) in [5.41, 5.74) is 0.678. The van der Waals surface area contributed by atoms with Crippen LogP contribution in [0.2, 0.25) is 0 Å². The monoisotopic (exact) mass is 290 g/mol. The van der Waals surface area contributed by atoms with Crippen LogP contribution in [0.1, 0.15) is 24.0 Å². The highest BCUT2D eigenvalue weighted by Gasteiger charge is 2.26. The van der Waals surface area contributed by atoms with Crippen molar-refractivity contribution in [3.63, 3.8) is 0 Å². The van der Waals surface area contributed by atoms with Gasteiger partial charge >= 0.3 is 6.18 Å². The second-order valence-electron chi connectivity index (χ2n) is 4.01. The summed E-state index contributed by atoms with van der Waals surface area (Å²) in [6, 6.07) is 4.04. The number of hydrogen-bond acceptors (Lipinski definition) is 2. The van der Waals surface area contributed by atoms with Crippen molar-refractivity contribution in [1.82, 2.24) is 0 Å². The first-order chi connectivity index (χ1) is 9.42. The summed E-state index contributed by atoms with van der Waals surface area (Å²) in [4.78, 5) is 0. The van der Waals surface area contributed by atoms with Crippen molar-refractivity contribution in [3.05, 3.63) is 35.1 Å². The number of alkyl halides is 3. The SMILES string of the molecule is OCCC#Cc1cc(COCCC(F)(F)F)ccc1F. The Bertz CT molecular complexity index is 486. The molecule has 0 fully saturated rings. The first-order valence-electron chi connectivity index (χ1n) is 5.95. The summed E-state index contributed by atoms with van der Waals surface area (Å²) in [6.07, 6.45) is -5.03. The van der Waals surface area contributed by atoms with Crippen LogP contribution in [0.3, 0.4) is 0 Å². The van der Waals surface area contributed by atoms with Gasteiger partial charge in [-0.15, -0.1) is 0 Å². The van der Waals surface area contributed by atoms with Gasteiger partial charge in [0.1, 0.15) is 5.82 Å². The third-order valence-electron chi connectivity index (χ3n) is 2.29. The second kappa shape index (κ2) is 7.88. The van der Waals surface area contributed by atoms with E-state index in [1.165, 1.54) is 18.2 Å². The molecule has 1 aromatic carbocycles. The van der Waals surface area contributed by atoms with E-state index in [-0.39, 0.29) is 25.2 Å². The third kappa shape index (κ3) is 6.55. The number of ether oxygens (including phenoxy) is 1. The lowest BCUT2D eigenvalue weighted by Gasteiger charge is -2.07. The van der Waals surface area contributed by atoms with Gasteiger partial charge < -0.3 is 9.84 Å². The Labute approximate surface area is 114 Å². The van der Waals surface area contributed by atoms with Crippen LogP contribution in [0.15, 0.2) is 18.2 Å². The van der Waals surface area contributed by atoms with Crippen LogP contribution in [-0.4, -0.2) is 24.5 Å². The zero-order valence-electron chi connectivity index (χ0n) is 10.6. The molecule has 20 heavy (non-hydrogen) atoms. The van der Waals surface area contributed by atoms with Crippen molar-refractivity contribution in [2.24, 2.45) is 0 Å². The van der Waals surface area contributed by atoms with E-state index in [2.05, 4.69) is 11.8 Å². The van der Waals surface area contributed by atoms with Crippen LogP contribution in [0.25, 0.3) is 0 Å². The van der Waals surface area contributed by atoms with Crippen LogP contribution < -0.4 is 0 Å². The Morgan fingerprint density at radius 1 is 1.25 bits per heavy atom. The van der Waals surface area contributed by atoms with E-state index in [0.717, 1.165) is 0 Å². The standard InChI is InChI=1S/C14H14F4O2/c15-13-5-4-11(9-12(13)3-1-2-7-19)10-20-8-6-14(16,17)18/h4-5,9,19H,2,6-8,10H2. The number of aliphatic hydroxyl groups excluding tert-OH is 1. The maximum atomic E-state index is 13.4. The quantitative estimate of drug-likeness (QED) is 0.513. The molecule has 1 rings (SSSR count). The van der Waals surface area contributed by atoms with Crippen LogP contribution in [0, 0.1) is 17.7 Å². The van der Waals surface area contributed by atoms with Crippen molar-refractivity contribution in [2.75, 3.05) is 13.2 Å². The molecule has 0 unspecified atom stereocenters. The minimum absolute atomic E-state index is 0.0367. The smallest absolute Gasteiger partial charge is 0.391 e. The molecule has 110 valence electrons. The topological polar surface area (TPSA) is 29.5 Å². The fourth-order valence-corrected chi connectivity index (χ4v) is 1.35. The van der Waals surface area contributed by atoms with Crippen molar-refractivity contribution in [3.8, 4) is 11.8 Å². The molecule has 0 amide bonds.